The van der Waals surface area contributed by atoms with Gasteiger partial charge in [-0.2, -0.15) is 0 Å². The van der Waals surface area contributed by atoms with E-state index in [-0.39, 0.29) is 5.91 Å². The van der Waals surface area contributed by atoms with E-state index in [9.17, 15) is 4.79 Å². The van der Waals surface area contributed by atoms with Gasteiger partial charge in [0.05, 0.1) is 0 Å². The quantitative estimate of drug-likeness (QED) is 0.593. The predicted molar refractivity (Wildman–Crippen MR) is 121 cm³/mol. The normalized spacial score (nSPS) is 15.2. The summed E-state index contributed by atoms with van der Waals surface area (Å²) in [6.45, 7) is 8.18. The van der Waals surface area contributed by atoms with Gasteiger partial charge in [-0.25, -0.2) is 0 Å². The van der Waals surface area contributed by atoms with Gasteiger partial charge >= 0.3 is 0 Å². The first kappa shape index (κ1) is 21.2. The molecule has 1 saturated heterocycles. The van der Waals surface area contributed by atoms with E-state index in [0.717, 1.165) is 50.3 Å². The average molecular weight is 420 g/mol. The number of carbonyl (C=O) groups is 1. The van der Waals surface area contributed by atoms with Gasteiger partial charge in [0.25, 0.3) is 5.91 Å². The summed E-state index contributed by atoms with van der Waals surface area (Å²) in [4.78, 5) is 17.2. The Morgan fingerprint density at radius 2 is 1.52 bits per heavy atom. The topological polar surface area (TPSA) is 74.5 Å². The van der Waals surface area contributed by atoms with Crippen molar-refractivity contribution in [3.8, 4) is 22.9 Å². The Labute approximate surface area is 183 Å². The highest BCUT2D eigenvalue weighted by atomic mass is 16.4. The lowest BCUT2D eigenvalue weighted by Gasteiger charge is -2.32. The van der Waals surface area contributed by atoms with Crippen LogP contribution >= 0.6 is 0 Å². The number of benzene rings is 2. The summed E-state index contributed by atoms with van der Waals surface area (Å²) in [5, 5.41) is 11.3. The fourth-order valence-corrected chi connectivity index (χ4v) is 3.59. The van der Waals surface area contributed by atoms with Gasteiger partial charge in [0.1, 0.15) is 0 Å². The van der Waals surface area contributed by atoms with Crippen molar-refractivity contribution >= 4 is 5.91 Å². The Morgan fingerprint density at radius 1 is 0.935 bits per heavy atom. The van der Waals surface area contributed by atoms with Gasteiger partial charge in [0.15, 0.2) is 0 Å². The van der Waals surface area contributed by atoms with Crippen LogP contribution in [0.5, 0.6) is 0 Å². The highest BCUT2D eigenvalue weighted by Crippen LogP contribution is 2.24. The van der Waals surface area contributed by atoms with Crippen LogP contribution in [0.1, 0.15) is 22.3 Å². The summed E-state index contributed by atoms with van der Waals surface area (Å²) in [5.41, 5.74) is 3.48. The zero-order valence-electron chi connectivity index (χ0n) is 18.2. The second-order valence-electron chi connectivity index (χ2n) is 8.11. The van der Waals surface area contributed by atoms with Crippen molar-refractivity contribution in [3.05, 3.63) is 59.7 Å². The number of carbonyl (C=O) groups excluding carboxylic acids is 1. The van der Waals surface area contributed by atoms with Gasteiger partial charge in [0, 0.05) is 49.4 Å². The van der Waals surface area contributed by atoms with Crippen molar-refractivity contribution in [3.63, 3.8) is 0 Å². The maximum Gasteiger partial charge on any atom is 0.251 e. The molecule has 1 aliphatic heterocycles. The lowest BCUT2D eigenvalue weighted by atomic mass is 10.1. The predicted octanol–water partition coefficient (Wildman–Crippen LogP) is 3.08. The van der Waals surface area contributed by atoms with Gasteiger partial charge in [-0.1, -0.05) is 17.7 Å². The molecule has 0 radical (unpaired) electrons. The minimum Gasteiger partial charge on any atom is -0.416 e. The number of hydrogen-bond donors (Lipinski definition) is 1. The van der Waals surface area contributed by atoms with Crippen molar-refractivity contribution in [2.45, 2.75) is 13.3 Å². The minimum atomic E-state index is -0.0594. The molecule has 0 saturated carbocycles. The first-order valence-corrected chi connectivity index (χ1v) is 10.8. The number of amides is 1. The zero-order valence-corrected chi connectivity index (χ0v) is 18.2. The van der Waals surface area contributed by atoms with Crippen LogP contribution in [-0.2, 0) is 0 Å². The van der Waals surface area contributed by atoms with Crippen molar-refractivity contribution in [2.75, 3.05) is 46.3 Å². The van der Waals surface area contributed by atoms with Gasteiger partial charge < -0.3 is 19.5 Å². The van der Waals surface area contributed by atoms with Crippen molar-refractivity contribution in [1.82, 2.24) is 25.3 Å². The molecule has 3 aromatic rings. The number of likely N-dealkylation sites (N-methyl/N-ethyl adjacent to an activating group) is 1. The maximum absolute atomic E-state index is 12.4. The van der Waals surface area contributed by atoms with E-state index >= 15 is 0 Å². The van der Waals surface area contributed by atoms with Crippen molar-refractivity contribution in [2.24, 2.45) is 0 Å². The standard InChI is InChI=1S/C24H29N5O2/c1-18-4-6-20(7-5-18)23-26-27-24(31-23)21-10-8-19(9-11-21)22(30)25-12-3-13-29-16-14-28(2)15-17-29/h4-11H,3,12-17H2,1-2H3,(H,25,30). The summed E-state index contributed by atoms with van der Waals surface area (Å²) < 4.78 is 5.81. The third-order valence-electron chi connectivity index (χ3n) is 5.65. The van der Waals surface area contributed by atoms with E-state index in [2.05, 4.69) is 32.4 Å². The fourth-order valence-electron chi connectivity index (χ4n) is 3.59. The second-order valence-corrected chi connectivity index (χ2v) is 8.11. The molecular formula is C24H29N5O2. The number of aryl methyl sites for hydroxylation is 1. The molecule has 2 aromatic carbocycles. The van der Waals surface area contributed by atoms with Gasteiger partial charge in [-0.05, 0) is 63.3 Å². The largest absolute Gasteiger partial charge is 0.416 e. The Morgan fingerprint density at radius 3 is 2.13 bits per heavy atom. The Balaban J connectivity index is 1.28. The summed E-state index contributed by atoms with van der Waals surface area (Å²) >= 11 is 0. The lowest BCUT2D eigenvalue weighted by molar-refractivity contribution is 0.0949. The first-order chi connectivity index (χ1) is 15.1. The molecule has 2 heterocycles. The van der Waals surface area contributed by atoms with Crippen LogP contribution in [0.25, 0.3) is 22.9 Å². The van der Waals surface area contributed by atoms with E-state index in [4.69, 9.17) is 4.42 Å². The third-order valence-corrected chi connectivity index (χ3v) is 5.65. The number of nitrogens with one attached hydrogen (secondary N) is 1. The minimum absolute atomic E-state index is 0.0594. The number of nitrogens with zero attached hydrogens (tertiary/aromatic N) is 4. The molecule has 162 valence electrons. The zero-order chi connectivity index (χ0) is 21.6. The Hall–Kier alpha value is -3.03. The number of aromatic nitrogens is 2. The summed E-state index contributed by atoms with van der Waals surface area (Å²) in [6, 6.07) is 15.2. The van der Waals surface area contributed by atoms with Crippen LogP contribution in [0.15, 0.2) is 52.9 Å². The molecule has 0 unspecified atom stereocenters. The van der Waals surface area contributed by atoms with E-state index in [0.29, 0.717) is 23.9 Å². The van der Waals surface area contributed by atoms with Crippen LogP contribution in [0.4, 0.5) is 0 Å². The SMILES string of the molecule is Cc1ccc(-c2nnc(-c3ccc(C(=O)NCCCN4CCN(C)CC4)cc3)o2)cc1. The molecule has 1 amide bonds. The number of rotatable bonds is 7. The molecular weight excluding hydrogens is 390 g/mol. The number of piperazine rings is 1. The van der Waals surface area contributed by atoms with E-state index < -0.39 is 0 Å². The highest BCUT2D eigenvalue weighted by molar-refractivity contribution is 5.94. The molecule has 1 fully saturated rings. The van der Waals surface area contributed by atoms with E-state index in [1.807, 2.05) is 43.3 Å². The van der Waals surface area contributed by atoms with Crippen LogP contribution < -0.4 is 5.32 Å². The second kappa shape index (κ2) is 9.85. The van der Waals surface area contributed by atoms with Gasteiger partial charge in [-0.15, -0.1) is 10.2 Å². The fraction of sp³-hybridized carbons (Fsp3) is 0.375. The molecule has 0 atom stereocenters. The average Bonchev–Trinajstić information content (AvgIpc) is 3.29. The molecule has 4 rings (SSSR count). The van der Waals surface area contributed by atoms with Gasteiger partial charge in [0.2, 0.25) is 11.8 Å². The summed E-state index contributed by atoms with van der Waals surface area (Å²) in [7, 11) is 2.16. The van der Waals surface area contributed by atoms with Crippen LogP contribution in [0, 0.1) is 6.92 Å². The lowest BCUT2D eigenvalue weighted by Crippen LogP contribution is -2.45. The monoisotopic (exact) mass is 419 g/mol. The molecule has 1 aromatic heterocycles. The first-order valence-electron chi connectivity index (χ1n) is 10.8. The Bertz CT molecular complexity index is 990. The smallest absolute Gasteiger partial charge is 0.251 e. The summed E-state index contributed by atoms with van der Waals surface area (Å²) in [6.07, 6.45) is 0.956. The molecule has 7 nitrogen and oxygen atoms in total. The number of hydrogen-bond acceptors (Lipinski definition) is 6. The molecule has 7 heteroatoms. The third kappa shape index (κ3) is 5.57. The molecule has 0 bridgehead atoms. The molecule has 0 spiro atoms. The molecule has 1 N–H and O–H groups in total. The van der Waals surface area contributed by atoms with Crippen molar-refractivity contribution in [1.29, 1.82) is 0 Å². The van der Waals surface area contributed by atoms with Crippen molar-refractivity contribution < 1.29 is 9.21 Å². The molecule has 1 aliphatic rings. The Kier molecular flexibility index (Phi) is 6.74. The molecule has 0 aliphatic carbocycles. The molecule has 31 heavy (non-hydrogen) atoms. The maximum atomic E-state index is 12.4. The van der Waals surface area contributed by atoms with Gasteiger partial charge in [-0.3, -0.25) is 4.79 Å². The summed E-state index contributed by atoms with van der Waals surface area (Å²) in [5.74, 6) is 0.864. The van der Waals surface area contributed by atoms with E-state index in [1.165, 1.54) is 5.56 Å². The van der Waals surface area contributed by atoms with E-state index in [1.54, 1.807) is 12.1 Å². The highest BCUT2D eigenvalue weighted by Gasteiger charge is 2.14. The van der Waals surface area contributed by atoms with Crippen LogP contribution in [-0.4, -0.2) is 72.2 Å². The van der Waals surface area contributed by atoms with Crippen LogP contribution in [0.3, 0.4) is 0 Å². The van der Waals surface area contributed by atoms with Crippen LogP contribution in [0.2, 0.25) is 0 Å².